The highest BCUT2D eigenvalue weighted by atomic mass is 32.1. The van der Waals surface area contributed by atoms with Crippen molar-refractivity contribution < 1.29 is 9.59 Å². The van der Waals surface area contributed by atoms with E-state index in [1.807, 2.05) is 22.9 Å². The molecular weight excluding hydrogens is 318 g/mol. The van der Waals surface area contributed by atoms with E-state index in [0.29, 0.717) is 18.1 Å². The van der Waals surface area contributed by atoms with Crippen molar-refractivity contribution in [3.63, 3.8) is 0 Å². The van der Waals surface area contributed by atoms with Crippen LogP contribution in [0, 0.1) is 0 Å². The first kappa shape index (κ1) is 15.2. The molecule has 1 aliphatic rings. The molecule has 1 fully saturated rings. The molecule has 0 bridgehead atoms. The van der Waals surface area contributed by atoms with E-state index in [9.17, 15) is 9.59 Å². The van der Waals surface area contributed by atoms with Crippen molar-refractivity contribution in [2.24, 2.45) is 0 Å². The summed E-state index contributed by atoms with van der Waals surface area (Å²) in [5.74, 6) is -0.0675. The number of aromatic nitrogens is 1. The Kier molecular flexibility index (Phi) is 4.84. The number of thiophene rings is 1. The number of amides is 2. The largest absolute Gasteiger partial charge is 0.331 e. The summed E-state index contributed by atoms with van der Waals surface area (Å²) in [5, 5.41) is 7.21. The quantitative estimate of drug-likeness (QED) is 0.914. The summed E-state index contributed by atoms with van der Waals surface area (Å²) < 4.78 is 0. The molecule has 3 heterocycles. The molecule has 0 spiro atoms. The van der Waals surface area contributed by atoms with Crippen molar-refractivity contribution in [3.8, 4) is 0 Å². The van der Waals surface area contributed by atoms with Crippen molar-refractivity contribution >= 4 is 39.6 Å². The van der Waals surface area contributed by atoms with Gasteiger partial charge in [0, 0.05) is 29.4 Å². The van der Waals surface area contributed by atoms with Crippen molar-refractivity contribution in [2.75, 3.05) is 11.9 Å². The van der Waals surface area contributed by atoms with Gasteiger partial charge in [-0.25, -0.2) is 4.98 Å². The van der Waals surface area contributed by atoms with Crippen LogP contribution >= 0.6 is 22.7 Å². The average Bonchev–Trinajstić information content (AvgIpc) is 3.25. The molecule has 3 rings (SSSR count). The van der Waals surface area contributed by atoms with Crippen molar-refractivity contribution in [1.29, 1.82) is 0 Å². The monoisotopic (exact) mass is 335 g/mol. The second-order valence-electron chi connectivity index (χ2n) is 5.15. The van der Waals surface area contributed by atoms with Gasteiger partial charge in [-0.15, -0.1) is 22.7 Å². The van der Waals surface area contributed by atoms with Gasteiger partial charge in [-0.2, -0.15) is 0 Å². The van der Waals surface area contributed by atoms with Gasteiger partial charge in [0.1, 0.15) is 6.04 Å². The van der Waals surface area contributed by atoms with Crippen molar-refractivity contribution in [2.45, 2.75) is 31.7 Å². The van der Waals surface area contributed by atoms with Crippen molar-refractivity contribution in [1.82, 2.24) is 9.88 Å². The van der Waals surface area contributed by atoms with Crippen LogP contribution in [0.3, 0.4) is 0 Å². The fourth-order valence-corrected chi connectivity index (χ4v) is 3.88. The lowest BCUT2D eigenvalue weighted by Gasteiger charge is -2.23. The lowest BCUT2D eigenvalue weighted by Crippen LogP contribution is -2.43. The van der Waals surface area contributed by atoms with Gasteiger partial charge in [-0.3, -0.25) is 9.59 Å². The Labute approximate surface area is 137 Å². The van der Waals surface area contributed by atoms with Gasteiger partial charge < -0.3 is 10.2 Å². The van der Waals surface area contributed by atoms with Crippen LogP contribution in [0.1, 0.15) is 24.1 Å². The molecule has 0 saturated carbocycles. The molecule has 7 heteroatoms. The minimum atomic E-state index is -0.361. The first-order valence-corrected chi connectivity index (χ1v) is 9.02. The SMILES string of the molecule is O=C(Nc1nccs1)C1CCCN1C(=O)CCc1cccs1. The normalized spacial score (nSPS) is 17.6. The maximum atomic E-state index is 12.4. The number of aryl methyl sites for hydroxylation is 1. The summed E-state index contributed by atoms with van der Waals surface area (Å²) >= 11 is 3.04. The van der Waals surface area contributed by atoms with E-state index in [1.54, 1.807) is 22.4 Å². The number of hydrogen-bond acceptors (Lipinski definition) is 5. The third-order valence-corrected chi connectivity index (χ3v) is 5.33. The Bertz CT molecular complexity index is 625. The third-order valence-electron chi connectivity index (χ3n) is 3.70. The smallest absolute Gasteiger partial charge is 0.248 e. The number of likely N-dealkylation sites (tertiary alicyclic amines) is 1. The predicted octanol–water partition coefficient (Wildman–Crippen LogP) is 2.77. The van der Waals surface area contributed by atoms with Gasteiger partial charge in [-0.05, 0) is 30.7 Å². The summed E-state index contributed by atoms with van der Waals surface area (Å²) in [5.41, 5.74) is 0. The number of carbonyl (C=O) groups excluding carboxylic acids is 2. The molecule has 1 aliphatic heterocycles. The van der Waals surface area contributed by atoms with Gasteiger partial charge in [0.15, 0.2) is 5.13 Å². The molecule has 2 aromatic heterocycles. The molecule has 116 valence electrons. The van der Waals surface area contributed by atoms with E-state index in [-0.39, 0.29) is 17.9 Å². The van der Waals surface area contributed by atoms with Crippen LogP contribution in [-0.4, -0.2) is 34.3 Å². The zero-order chi connectivity index (χ0) is 15.4. The molecule has 0 aliphatic carbocycles. The van der Waals surface area contributed by atoms with Crippen LogP contribution in [0.25, 0.3) is 0 Å². The highest BCUT2D eigenvalue weighted by molar-refractivity contribution is 7.13. The molecule has 0 aromatic carbocycles. The second kappa shape index (κ2) is 7.02. The first-order chi connectivity index (χ1) is 10.7. The number of anilines is 1. The van der Waals surface area contributed by atoms with E-state index in [2.05, 4.69) is 10.3 Å². The number of thiazole rings is 1. The molecular formula is C15H17N3O2S2. The van der Waals surface area contributed by atoms with E-state index < -0.39 is 0 Å². The summed E-state index contributed by atoms with van der Waals surface area (Å²) in [4.78, 5) is 31.7. The van der Waals surface area contributed by atoms with Crippen LogP contribution < -0.4 is 5.32 Å². The Hall–Kier alpha value is -1.73. The molecule has 1 saturated heterocycles. The van der Waals surface area contributed by atoms with Crippen LogP contribution in [0.2, 0.25) is 0 Å². The molecule has 1 atom stereocenters. The Morgan fingerprint density at radius 1 is 1.36 bits per heavy atom. The maximum Gasteiger partial charge on any atom is 0.248 e. The van der Waals surface area contributed by atoms with Gasteiger partial charge in [-0.1, -0.05) is 6.07 Å². The van der Waals surface area contributed by atoms with Crippen LogP contribution in [-0.2, 0) is 16.0 Å². The maximum absolute atomic E-state index is 12.4. The van der Waals surface area contributed by atoms with Gasteiger partial charge >= 0.3 is 0 Å². The molecule has 1 N–H and O–H groups in total. The zero-order valence-electron chi connectivity index (χ0n) is 12.0. The molecule has 22 heavy (non-hydrogen) atoms. The summed E-state index contributed by atoms with van der Waals surface area (Å²) in [6.45, 7) is 0.666. The van der Waals surface area contributed by atoms with Gasteiger partial charge in [0.25, 0.3) is 0 Å². The predicted molar refractivity (Wildman–Crippen MR) is 88.1 cm³/mol. The number of nitrogens with zero attached hydrogens (tertiary/aromatic N) is 2. The standard InChI is InChI=1S/C15H17N3O2S2/c19-13(6-5-11-3-2-9-21-11)18-8-1-4-12(18)14(20)17-15-16-7-10-22-15/h2-3,7,9-10,12H,1,4-6,8H2,(H,16,17,20). The zero-order valence-corrected chi connectivity index (χ0v) is 13.7. The number of nitrogens with one attached hydrogen (secondary N) is 1. The van der Waals surface area contributed by atoms with E-state index in [4.69, 9.17) is 0 Å². The lowest BCUT2D eigenvalue weighted by atomic mass is 10.2. The first-order valence-electron chi connectivity index (χ1n) is 7.26. The Morgan fingerprint density at radius 2 is 2.27 bits per heavy atom. The lowest BCUT2D eigenvalue weighted by molar-refractivity contribution is -0.136. The summed E-state index contributed by atoms with van der Waals surface area (Å²) in [6.07, 6.45) is 4.46. The highest BCUT2D eigenvalue weighted by Crippen LogP contribution is 2.22. The number of hydrogen-bond donors (Lipinski definition) is 1. The molecule has 0 radical (unpaired) electrons. The van der Waals surface area contributed by atoms with Crippen molar-refractivity contribution in [3.05, 3.63) is 34.0 Å². The minimum absolute atomic E-state index is 0.0604. The van der Waals surface area contributed by atoms with E-state index in [0.717, 1.165) is 19.3 Å². The molecule has 2 amide bonds. The third kappa shape index (κ3) is 3.53. The average molecular weight is 335 g/mol. The van der Waals surface area contributed by atoms with Gasteiger partial charge in [0.05, 0.1) is 0 Å². The topological polar surface area (TPSA) is 62.3 Å². The minimum Gasteiger partial charge on any atom is -0.331 e. The fourth-order valence-electron chi connectivity index (χ4n) is 2.64. The second-order valence-corrected chi connectivity index (χ2v) is 7.08. The van der Waals surface area contributed by atoms with Crippen LogP contribution in [0.5, 0.6) is 0 Å². The molecule has 5 nitrogen and oxygen atoms in total. The Balaban J connectivity index is 1.57. The molecule has 2 aromatic rings. The highest BCUT2D eigenvalue weighted by Gasteiger charge is 2.33. The number of carbonyl (C=O) groups is 2. The fraction of sp³-hybridized carbons (Fsp3) is 0.400. The number of rotatable bonds is 5. The summed E-state index contributed by atoms with van der Waals surface area (Å²) in [7, 11) is 0. The van der Waals surface area contributed by atoms with Crippen LogP contribution in [0.15, 0.2) is 29.1 Å². The van der Waals surface area contributed by atoms with Crippen LogP contribution in [0.4, 0.5) is 5.13 Å². The van der Waals surface area contributed by atoms with E-state index >= 15 is 0 Å². The van der Waals surface area contributed by atoms with E-state index in [1.165, 1.54) is 16.2 Å². The van der Waals surface area contributed by atoms with Gasteiger partial charge in [0.2, 0.25) is 11.8 Å². The summed E-state index contributed by atoms with van der Waals surface area (Å²) in [6, 6.07) is 3.67. The Morgan fingerprint density at radius 3 is 3.00 bits per heavy atom. The molecule has 1 unspecified atom stereocenters.